The van der Waals surface area contributed by atoms with Crippen molar-refractivity contribution in [2.24, 2.45) is 0 Å². The molecule has 5 heteroatoms. The van der Waals surface area contributed by atoms with E-state index in [2.05, 4.69) is 20.9 Å². The van der Waals surface area contributed by atoms with Gasteiger partial charge in [0.15, 0.2) is 0 Å². The molecule has 4 nitrogen and oxygen atoms in total. The number of benzene rings is 1. The summed E-state index contributed by atoms with van der Waals surface area (Å²) in [5.41, 5.74) is 1.12. The van der Waals surface area contributed by atoms with Crippen LogP contribution in [0.2, 0.25) is 0 Å². The molecule has 23 heavy (non-hydrogen) atoms. The van der Waals surface area contributed by atoms with Gasteiger partial charge in [0.2, 0.25) is 5.88 Å². The average molecular weight is 378 g/mol. The molecule has 122 valence electrons. The molecule has 3 rings (SSSR count). The van der Waals surface area contributed by atoms with E-state index in [1.807, 2.05) is 42.5 Å². The second-order valence-electron chi connectivity index (χ2n) is 5.54. The van der Waals surface area contributed by atoms with E-state index in [9.17, 15) is 0 Å². The second kappa shape index (κ2) is 8.31. The number of aromatic nitrogens is 1. The Hall–Kier alpha value is -1.59. The fraction of sp³-hybridized carbons (Fsp3) is 0.389. The van der Waals surface area contributed by atoms with Crippen molar-refractivity contribution in [2.75, 3.05) is 13.2 Å². The summed E-state index contributed by atoms with van der Waals surface area (Å²) in [6.45, 7) is 1.87. The largest absolute Gasteiger partial charge is 0.489 e. The Labute approximate surface area is 144 Å². The van der Waals surface area contributed by atoms with Crippen molar-refractivity contribution in [2.45, 2.75) is 32.0 Å². The molecule has 1 aliphatic heterocycles. The lowest BCUT2D eigenvalue weighted by atomic mass is 10.1. The van der Waals surface area contributed by atoms with E-state index >= 15 is 0 Å². The summed E-state index contributed by atoms with van der Waals surface area (Å²) >= 11 is 3.40. The van der Waals surface area contributed by atoms with Crippen molar-refractivity contribution in [3.05, 3.63) is 52.6 Å². The second-order valence-corrected chi connectivity index (χ2v) is 6.35. The summed E-state index contributed by atoms with van der Waals surface area (Å²) in [5, 5.41) is 0. The molecule has 0 spiro atoms. The van der Waals surface area contributed by atoms with Gasteiger partial charge in [-0.25, -0.2) is 4.98 Å². The van der Waals surface area contributed by atoms with Crippen LogP contribution in [0.4, 0.5) is 0 Å². The Bertz CT molecular complexity index is 615. The van der Waals surface area contributed by atoms with Gasteiger partial charge >= 0.3 is 0 Å². The fourth-order valence-electron chi connectivity index (χ4n) is 2.47. The molecule has 1 unspecified atom stereocenters. The van der Waals surface area contributed by atoms with Crippen molar-refractivity contribution in [3.8, 4) is 11.6 Å². The molecule has 0 saturated carbocycles. The normalized spacial score (nSPS) is 17.7. The monoisotopic (exact) mass is 377 g/mol. The Balaban J connectivity index is 1.57. The molecule has 1 saturated heterocycles. The van der Waals surface area contributed by atoms with Crippen molar-refractivity contribution < 1.29 is 14.2 Å². The van der Waals surface area contributed by atoms with Crippen molar-refractivity contribution in [3.63, 3.8) is 0 Å². The molecule has 1 atom stereocenters. The predicted octanol–water partition coefficient (Wildman–Crippen LogP) is 4.37. The highest BCUT2D eigenvalue weighted by Crippen LogP contribution is 2.24. The van der Waals surface area contributed by atoms with Gasteiger partial charge in [-0.05, 0) is 40.8 Å². The minimum atomic E-state index is 0.165. The van der Waals surface area contributed by atoms with E-state index in [1.54, 1.807) is 0 Å². The van der Waals surface area contributed by atoms with Crippen LogP contribution in [0.3, 0.4) is 0 Å². The number of hydrogen-bond acceptors (Lipinski definition) is 4. The first-order valence-electron chi connectivity index (χ1n) is 7.88. The molecule has 1 aromatic carbocycles. The molecular weight excluding hydrogens is 358 g/mol. The van der Waals surface area contributed by atoms with Gasteiger partial charge < -0.3 is 14.2 Å². The van der Waals surface area contributed by atoms with E-state index in [4.69, 9.17) is 14.2 Å². The maximum Gasteiger partial charge on any atom is 0.218 e. The van der Waals surface area contributed by atoms with Gasteiger partial charge in [-0.1, -0.05) is 30.3 Å². The Morgan fingerprint density at radius 1 is 1.13 bits per heavy atom. The minimum Gasteiger partial charge on any atom is -0.489 e. The van der Waals surface area contributed by atoms with Gasteiger partial charge in [0.05, 0.1) is 6.10 Å². The molecule has 2 heterocycles. The standard InChI is InChI=1S/C18H20BrNO3/c19-17-10-16(22-12-14-6-2-1-3-7-14)11-18(20-17)23-13-15-8-4-5-9-21-15/h1-3,6-7,10-11,15H,4-5,8-9,12-13H2. The maximum atomic E-state index is 5.82. The molecule has 1 fully saturated rings. The van der Waals surface area contributed by atoms with Gasteiger partial charge in [-0.2, -0.15) is 0 Å². The van der Waals surface area contributed by atoms with Gasteiger partial charge in [0, 0.05) is 18.7 Å². The van der Waals surface area contributed by atoms with Gasteiger partial charge in [0.1, 0.15) is 23.6 Å². The number of hydrogen-bond donors (Lipinski definition) is 0. The van der Waals surface area contributed by atoms with E-state index in [1.165, 1.54) is 6.42 Å². The zero-order valence-corrected chi connectivity index (χ0v) is 14.5. The molecule has 0 radical (unpaired) electrons. The maximum absolute atomic E-state index is 5.82. The number of halogens is 1. The Morgan fingerprint density at radius 2 is 2.00 bits per heavy atom. The lowest BCUT2D eigenvalue weighted by Gasteiger charge is -2.22. The zero-order valence-electron chi connectivity index (χ0n) is 12.9. The first-order valence-corrected chi connectivity index (χ1v) is 8.67. The summed E-state index contributed by atoms with van der Waals surface area (Å²) in [6.07, 6.45) is 3.55. The minimum absolute atomic E-state index is 0.165. The summed E-state index contributed by atoms with van der Waals surface area (Å²) in [6, 6.07) is 13.7. The fourth-order valence-corrected chi connectivity index (χ4v) is 2.87. The topological polar surface area (TPSA) is 40.6 Å². The lowest BCUT2D eigenvalue weighted by molar-refractivity contribution is -0.0120. The van der Waals surface area contributed by atoms with Crippen LogP contribution in [0, 0.1) is 0 Å². The van der Waals surface area contributed by atoms with E-state index in [0.29, 0.717) is 23.7 Å². The first kappa shape index (κ1) is 16.3. The van der Waals surface area contributed by atoms with Crippen LogP contribution in [0.1, 0.15) is 24.8 Å². The van der Waals surface area contributed by atoms with Crippen molar-refractivity contribution >= 4 is 15.9 Å². The third-order valence-corrected chi connectivity index (χ3v) is 4.09. The molecular formula is C18H20BrNO3. The zero-order chi connectivity index (χ0) is 15.9. The van der Waals surface area contributed by atoms with Crippen LogP contribution in [0.25, 0.3) is 0 Å². The summed E-state index contributed by atoms with van der Waals surface area (Å²) in [4.78, 5) is 4.33. The number of rotatable bonds is 6. The molecule has 0 amide bonds. The number of pyridine rings is 1. The first-order chi connectivity index (χ1) is 11.3. The molecule has 0 N–H and O–H groups in total. The van der Waals surface area contributed by atoms with Crippen LogP contribution in [0.15, 0.2) is 47.1 Å². The summed E-state index contributed by atoms with van der Waals surface area (Å²) in [7, 11) is 0. The molecule has 1 aromatic heterocycles. The predicted molar refractivity (Wildman–Crippen MR) is 91.8 cm³/mol. The van der Waals surface area contributed by atoms with Crippen molar-refractivity contribution in [1.29, 1.82) is 0 Å². The third kappa shape index (κ3) is 5.22. The highest BCUT2D eigenvalue weighted by molar-refractivity contribution is 9.10. The highest BCUT2D eigenvalue weighted by atomic mass is 79.9. The van der Waals surface area contributed by atoms with Gasteiger partial charge in [-0.15, -0.1) is 0 Å². The van der Waals surface area contributed by atoms with E-state index in [-0.39, 0.29) is 6.10 Å². The van der Waals surface area contributed by atoms with Gasteiger partial charge in [-0.3, -0.25) is 0 Å². The van der Waals surface area contributed by atoms with Crippen LogP contribution >= 0.6 is 15.9 Å². The van der Waals surface area contributed by atoms with Crippen LogP contribution in [0.5, 0.6) is 11.6 Å². The Kier molecular flexibility index (Phi) is 5.88. The van der Waals surface area contributed by atoms with Crippen molar-refractivity contribution in [1.82, 2.24) is 4.98 Å². The smallest absolute Gasteiger partial charge is 0.218 e. The average Bonchev–Trinajstić information content (AvgIpc) is 2.60. The van der Waals surface area contributed by atoms with Crippen LogP contribution < -0.4 is 9.47 Å². The van der Waals surface area contributed by atoms with Crippen LogP contribution in [-0.4, -0.2) is 24.3 Å². The number of nitrogens with zero attached hydrogens (tertiary/aromatic N) is 1. The highest BCUT2D eigenvalue weighted by Gasteiger charge is 2.15. The summed E-state index contributed by atoms with van der Waals surface area (Å²) in [5.74, 6) is 1.28. The SMILES string of the molecule is Brc1cc(OCc2ccccc2)cc(OCC2CCCCO2)n1. The molecule has 2 aromatic rings. The molecule has 0 bridgehead atoms. The van der Waals surface area contributed by atoms with E-state index < -0.39 is 0 Å². The third-order valence-electron chi connectivity index (χ3n) is 3.68. The number of ether oxygens (including phenoxy) is 3. The summed E-state index contributed by atoms with van der Waals surface area (Å²) < 4.78 is 18.0. The van der Waals surface area contributed by atoms with Gasteiger partial charge in [0.25, 0.3) is 0 Å². The van der Waals surface area contributed by atoms with E-state index in [0.717, 1.165) is 30.8 Å². The molecule has 0 aliphatic carbocycles. The molecule has 1 aliphatic rings. The quantitative estimate of drug-likeness (QED) is 0.700. The Morgan fingerprint density at radius 3 is 2.78 bits per heavy atom. The van der Waals surface area contributed by atoms with Crippen LogP contribution in [-0.2, 0) is 11.3 Å². The lowest BCUT2D eigenvalue weighted by Crippen LogP contribution is -2.26.